The van der Waals surface area contributed by atoms with E-state index in [0.29, 0.717) is 18.5 Å². The lowest BCUT2D eigenvalue weighted by atomic mass is 9.86. The Morgan fingerprint density at radius 2 is 2.29 bits per heavy atom. The number of nitrogens with zero attached hydrogens (tertiary/aromatic N) is 1. The van der Waals surface area contributed by atoms with Crippen molar-refractivity contribution in [3.05, 3.63) is 24.0 Å². The predicted molar refractivity (Wildman–Crippen MR) is 71.8 cm³/mol. The van der Waals surface area contributed by atoms with Crippen LogP contribution < -0.4 is 5.32 Å². The van der Waals surface area contributed by atoms with E-state index < -0.39 is 36.9 Å². The topological polar surface area (TPSA) is 82.5 Å². The van der Waals surface area contributed by atoms with Gasteiger partial charge in [-0.25, -0.2) is 8.78 Å². The van der Waals surface area contributed by atoms with Crippen molar-refractivity contribution in [1.82, 2.24) is 4.98 Å². The van der Waals surface area contributed by atoms with E-state index in [2.05, 4.69) is 10.3 Å². The highest BCUT2D eigenvalue weighted by molar-refractivity contribution is 5.92. The van der Waals surface area contributed by atoms with Gasteiger partial charge in [-0.05, 0) is 25.0 Å². The summed E-state index contributed by atoms with van der Waals surface area (Å²) in [7, 11) is 0. The number of nitrogens with one attached hydrogen (secondary N) is 1. The molecule has 1 aromatic heterocycles. The van der Waals surface area contributed by atoms with Crippen molar-refractivity contribution in [2.24, 2.45) is 5.92 Å². The number of aromatic nitrogens is 1. The summed E-state index contributed by atoms with van der Waals surface area (Å²) in [6, 6.07) is 2.98. The van der Waals surface area contributed by atoms with Crippen LogP contribution in [0.1, 0.15) is 37.5 Å². The maximum atomic E-state index is 13.3. The first-order valence-corrected chi connectivity index (χ1v) is 6.85. The van der Waals surface area contributed by atoms with Crippen LogP contribution in [-0.4, -0.2) is 33.6 Å². The summed E-state index contributed by atoms with van der Waals surface area (Å²) in [5.74, 6) is -3.91. The van der Waals surface area contributed by atoms with Gasteiger partial charge in [0.2, 0.25) is 11.8 Å². The Balaban J connectivity index is 1.96. The number of halogens is 2. The van der Waals surface area contributed by atoms with Gasteiger partial charge in [0.15, 0.2) is 0 Å². The number of rotatable bonds is 4. The molecule has 5 nitrogen and oxygen atoms in total. The first kappa shape index (κ1) is 15.8. The molecule has 1 amide bonds. The van der Waals surface area contributed by atoms with Crippen molar-refractivity contribution in [3.8, 4) is 0 Å². The Hall–Kier alpha value is -1.60. The molecule has 0 bridgehead atoms. The molecule has 2 unspecified atom stereocenters. The molecule has 21 heavy (non-hydrogen) atoms. The first-order valence-electron chi connectivity index (χ1n) is 6.85. The third-order valence-electron chi connectivity index (χ3n) is 3.58. The lowest BCUT2D eigenvalue weighted by Crippen LogP contribution is -2.33. The molecule has 0 saturated heterocycles. The molecule has 3 N–H and O–H groups in total. The molecule has 7 heteroatoms. The second kappa shape index (κ2) is 6.44. The van der Waals surface area contributed by atoms with Crippen molar-refractivity contribution in [2.75, 3.05) is 11.9 Å². The molecule has 1 aliphatic carbocycles. The number of hydrogen-bond donors (Lipinski definition) is 3. The molecule has 0 aliphatic heterocycles. The summed E-state index contributed by atoms with van der Waals surface area (Å²) in [4.78, 5) is 15.9. The summed E-state index contributed by atoms with van der Waals surface area (Å²) in [5.41, 5.74) is 0.655. The Morgan fingerprint density at radius 1 is 1.52 bits per heavy atom. The molecule has 0 aromatic carbocycles. The Kier molecular flexibility index (Phi) is 4.84. The standard InChI is InChI=1S/C14H18F2N2O3/c15-14(16)5-1-2-9(6-14)13(21)18-10-3-4-11(17-7-10)12(20)8-19/h3-4,7,9,12,19-20H,1-2,5-6,8H2,(H,18,21). The normalized spacial score (nSPS) is 22.6. The molecule has 2 rings (SSSR count). The van der Waals surface area contributed by atoms with Crippen molar-refractivity contribution in [1.29, 1.82) is 0 Å². The number of anilines is 1. The largest absolute Gasteiger partial charge is 0.393 e. The molecule has 2 atom stereocenters. The number of alkyl halides is 2. The second-order valence-electron chi connectivity index (χ2n) is 5.31. The molecule has 1 saturated carbocycles. The summed E-state index contributed by atoms with van der Waals surface area (Å²) < 4.78 is 26.6. The van der Waals surface area contributed by atoms with E-state index >= 15 is 0 Å². The maximum absolute atomic E-state index is 13.3. The molecule has 0 spiro atoms. The maximum Gasteiger partial charge on any atom is 0.248 e. The monoisotopic (exact) mass is 300 g/mol. The van der Waals surface area contributed by atoms with E-state index in [0.717, 1.165) is 0 Å². The highest BCUT2D eigenvalue weighted by Gasteiger charge is 2.39. The van der Waals surface area contributed by atoms with Gasteiger partial charge in [0.1, 0.15) is 6.10 Å². The average Bonchev–Trinajstić information content (AvgIpc) is 2.46. The minimum absolute atomic E-state index is 0.161. The molecule has 1 aromatic rings. The molecule has 1 aliphatic rings. The number of aliphatic hydroxyl groups excluding tert-OH is 2. The summed E-state index contributed by atoms with van der Waals surface area (Å²) in [6.07, 6.45) is 0.459. The van der Waals surface area contributed by atoms with Crippen molar-refractivity contribution in [2.45, 2.75) is 37.7 Å². The van der Waals surface area contributed by atoms with E-state index in [1.807, 2.05) is 0 Å². The van der Waals surface area contributed by atoms with Gasteiger partial charge in [0, 0.05) is 18.8 Å². The van der Waals surface area contributed by atoms with E-state index in [4.69, 9.17) is 5.11 Å². The van der Waals surface area contributed by atoms with E-state index in [1.165, 1.54) is 18.3 Å². The van der Waals surface area contributed by atoms with Crippen LogP contribution in [-0.2, 0) is 4.79 Å². The molecular weight excluding hydrogens is 282 g/mol. The van der Waals surface area contributed by atoms with Crippen LogP contribution in [0, 0.1) is 5.92 Å². The van der Waals surface area contributed by atoms with Gasteiger partial charge in [-0.1, -0.05) is 0 Å². The smallest absolute Gasteiger partial charge is 0.248 e. The molecule has 1 heterocycles. The lowest BCUT2D eigenvalue weighted by molar-refractivity contribution is -0.127. The van der Waals surface area contributed by atoms with Gasteiger partial charge in [-0.15, -0.1) is 0 Å². The average molecular weight is 300 g/mol. The second-order valence-corrected chi connectivity index (χ2v) is 5.31. The van der Waals surface area contributed by atoms with Crippen LogP contribution in [0.3, 0.4) is 0 Å². The number of hydrogen-bond acceptors (Lipinski definition) is 4. The van der Waals surface area contributed by atoms with Gasteiger partial charge in [-0.3, -0.25) is 9.78 Å². The zero-order chi connectivity index (χ0) is 15.5. The van der Waals surface area contributed by atoms with Crippen LogP contribution in [0.4, 0.5) is 14.5 Å². The number of pyridine rings is 1. The van der Waals surface area contributed by atoms with Crippen LogP contribution in [0.25, 0.3) is 0 Å². The van der Waals surface area contributed by atoms with Gasteiger partial charge >= 0.3 is 0 Å². The SMILES string of the molecule is O=C(Nc1ccc(C(O)CO)nc1)C1CCCC(F)(F)C1. The van der Waals surface area contributed by atoms with Crippen molar-refractivity contribution in [3.63, 3.8) is 0 Å². The lowest BCUT2D eigenvalue weighted by Gasteiger charge is -2.27. The summed E-state index contributed by atoms with van der Waals surface area (Å²) in [6.45, 7) is -0.449. The number of aliphatic hydroxyl groups is 2. The summed E-state index contributed by atoms with van der Waals surface area (Å²) in [5, 5.41) is 20.7. The van der Waals surface area contributed by atoms with Crippen LogP contribution in [0.5, 0.6) is 0 Å². The Morgan fingerprint density at radius 3 is 2.86 bits per heavy atom. The molecule has 0 radical (unpaired) electrons. The third kappa shape index (κ3) is 4.18. The Labute approximate surface area is 121 Å². The fraction of sp³-hybridized carbons (Fsp3) is 0.571. The van der Waals surface area contributed by atoms with Crippen molar-refractivity contribution < 1.29 is 23.8 Å². The highest BCUT2D eigenvalue weighted by Crippen LogP contribution is 2.37. The quantitative estimate of drug-likeness (QED) is 0.793. The molecular formula is C14H18F2N2O3. The Bertz CT molecular complexity index is 493. The molecule has 116 valence electrons. The zero-order valence-electron chi connectivity index (χ0n) is 11.4. The number of amides is 1. The van der Waals surface area contributed by atoms with Gasteiger partial charge < -0.3 is 15.5 Å². The van der Waals surface area contributed by atoms with E-state index in [-0.39, 0.29) is 12.1 Å². The van der Waals surface area contributed by atoms with Gasteiger partial charge in [-0.2, -0.15) is 0 Å². The van der Waals surface area contributed by atoms with Gasteiger partial charge in [0.25, 0.3) is 0 Å². The zero-order valence-corrected chi connectivity index (χ0v) is 11.4. The third-order valence-corrected chi connectivity index (χ3v) is 3.58. The fourth-order valence-corrected chi connectivity index (χ4v) is 2.41. The molecule has 1 fully saturated rings. The predicted octanol–water partition coefficient (Wildman–Crippen LogP) is 1.87. The van der Waals surface area contributed by atoms with E-state index in [1.54, 1.807) is 0 Å². The minimum atomic E-state index is -2.77. The van der Waals surface area contributed by atoms with Crippen molar-refractivity contribution >= 4 is 11.6 Å². The summed E-state index contributed by atoms with van der Waals surface area (Å²) >= 11 is 0. The van der Waals surface area contributed by atoms with Crippen LogP contribution in [0.2, 0.25) is 0 Å². The van der Waals surface area contributed by atoms with Crippen LogP contribution >= 0.6 is 0 Å². The first-order chi connectivity index (χ1) is 9.91. The van der Waals surface area contributed by atoms with E-state index in [9.17, 15) is 18.7 Å². The number of carbonyl (C=O) groups excluding carboxylic acids is 1. The van der Waals surface area contributed by atoms with Crippen LogP contribution in [0.15, 0.2) is 18.3 Å². The fourth-order valence-electron chi connectivity index (χ4n) is 2.41. The number of carbonyl (C=O) groups is 1. The highest BCUT2D eigenvalue weighted by atomic mass is 19.3. The van der Waals surface area contributed by atoms with Gasteiger partial charge in [0.05, 0.1) is 24.2 Å². The minimum Gasteiger partial charge on any atom is -0.393 e.